The van der Waals surface area contributed by atoms with Crippen LogP contribution in [0.1, 0.15) is 71.6 Å². The van der Waals surface area contributed by atoms with Crippen molar-refractivity contribution in [3.05, 3.63) is 12.2 Å². The first-order chi connectivity index (χ1) is 15.2. The molecule has 33 heavy (non-hydrogen) atoms. The van der Waals surface area contributed by atoms with Gasteiger partial charge in [-0.05, 0) is 87.9 Å². The summed E-state index contributed by atoms with van der Waals surface area (Å²) in [6.07, 6.45) is 4.06. The predicted molar refractivity (Wildman–Crippen MR) is 116 cm³/mol. The van der Waals surface area contributed by atoms with Crippen LogP contribution in [0, 0.1) is 22.7 Å². The molecule has 190 valence electrons. The number of carbonyl (C=O) groups is 1. The Labute approximate surface area is 194 Å². The first-order valence-electron chi connectivity index (χ1n) is 11.6. The highest BCUT2D eigenvalue weighted by atomic mass is 32.3. The summed E-state index contributed by atoms with van der Waals surface area (Å²) in [5.41, 5.74) is -0.800. The molecule has 3 unspecified atom stereocenters. The summed E-state index contributed by atoms with van der Waals surface area (Å²) < 4.78 is 80.2. The maximum atomic E-state index is 14.1. The first-order valence-corrected chi connectivity index (χ1v) is 13.0. The van der Waals surface area contributed by atoms with Gasteiger partial charge in [0, 0.05) is 18.6 Å². The minimum absolute atomic E-state index is 0.242. The Bertz CT molecular complexity index is 829. The van der Waals surface area contributed by atoms with Gasteiger partial charge in [0.05, 0.1) is 13.2 Å². The molecule has 0 amide bonds. The monoisotopic (exact) mass is 496 g/mol. The van der Waals surface area contributed by atoms with Crippen LogP contribution in [0.15, 0.2) is 12.2 Å². The third kappa shape index (κ3) is 6.51. The third-order valence-corrected chi connectivity index (χ3v) is 8.20. The lowest BCUT2D eigenvalue weighted by Gasteiger charge is -2.62. The molecule has 4 aliphatic rings. The van der Waals surface area contributed by atoms with E-state index in [1.54, 1.807) is 13.8 Å². The van der Waals surface area contributed by atoms with Gasteiger partial charge in [0.2, 0.25) is 0 Å². The van der Waals surface area contributed by atoms with E-state index in [2.05, 4.69) is 6.58 Å². The topological polar surface area (TPSA) is 78.9 Å². The average molecular weight is 497 g/mol. The smallest absolute Gasteiger partial charge is 0.374 e. The lowest BCUT2D eigenvalue weighted by Crippen LogP contribution is -2.55. The fourth-order valence-electron chi connectivity index (χ4n) is 6.63. The Hall–Kier alpha value is -1.13. The lowest BCUT2D eigenvalue weighted by atomic mass is 9.43. The van der Waals surface area contributed by atoms with E-state index in [-0.39, 0.29) is 23.9 Å². The van der Waals surface area contributed by atoms with Gasteiger partial charge in [0.15, 0.2) is 6.29 Å². The molecule has 6 nitrogen and oxygen atoms in total. The molecule has 10 heteroatoms. The van der Waals surface area contributed by atoms with E-state index in [1.807, 2.05) is 0 Å². The molecule has 0 radical (unpaired) electrons. The number of halogens is 3. The fraction of sp³-hybridized carbons (Fsp3) is 0.870. The van der Waals surface area contributed by atoms with Crippen molar-refractivity contribution in [3.63, 3.8) is 0 Å². The summed E-state index contributed by atoms with van der Waals surface area (Å²) in [6.45, 7) is 7.95. The number of esters is 1. The number of hydrogen-bond acceptors (Lipinski definition) is 6. The van der Waals surface area contributed by atoms with Gasteiger partial charge in [0.1, 0.15) is 0 Å². The Balaban J connectivity index is 1.47. The summed E-state index contributed by atoms with van der Waals surface area (Å²) in [4.78, 5) is 11.3. The predicted octanol–water partition coefficient (Wildman–Crippen LogP) is 5.13. The van der Waals surface area contributed by atoms with Gasteiger partial charge in [-0.25, -0.2) is 4.79 Å². The number of carbonyl (C=O) groups excluding carboxylic acids is 1. The summed E-state index contributed by atoms with van der Waals surface area (Å²) in [6, 6.07) is 0. The maximum Gasteiger partial charge on any atom is 0.374 e. The molecule has 3 atom stereocenters. The summed E-state index contributed by atoms with van der Waals surface area (Å²) in [7, 11) is -5.93. The SMILES string of the molecule is C=C(C)C(=O)OCCCCOC(C)OCC12CC3CC(C1)CC(CC(F)(F)S(=O)(=O)F)(C3)C2. The quantitative estimate of drug-likeness (QED) is 0.116. The van der Waals surface area contributed by atoms with Gasteiger partial charge in [-0.1, -0.05) is 10.5 Å². The van der Waals surface area contributed by atoms with Crippen LogP contribution >= 0.6 is 0 Å². The van der Waals surface area contributed by atoms with Crippen LogP contribution in [0.5, 0.6) is 0 Å². The highest BCUT2D eigenvalue weighted by Crippen LogP contribution is 2.67. The van der Waals surface area contributed by atoms with Gasteiger partial charge < -0.3 is 14.2 Å². The highest BCUT2D eigenvalue weighted by Gasteiger charge is 2.62. The second-order valence-electron chi connectivity index (χ2n) is 10.6. The van der Waals surface area contributed by atoms with Crippen molar-refractivity contribution < 1.29 is 40.1 Å². The minimum atomic E-state index is -5.93. The van der Waals surface area contributed by atoms with Crippen molar-refractivity contribution in [1.82, 2.24) is 0 Å². The van der Waals surface area contributed by atoms with Gasteiger partial charge >= 0.3 is 21.4 Å². The van der Waals surface area contributed by atoms with Crippen molar-refractivity contribution in [1.29, 1.82) is 0 Å². The molecule has 0 heterocycles. The standard InChI is InChI=1S/C23H35F3O6S/c1-16(2)20(27)31-7-5-4-6-30-17(3)32-15-22-11-18-8-19(12-22)10-21(9-18,13-22)14-23(24,25)33(26,28)29/h17-19H,1,4-15H2,2-3H3. The minimum Gasteiger partial charge on any atom is -0.462 e. The molecule has 0 aromatic carbocycles. The Morgan fingerprint density at radius 1 is 1.09 bits per heavy atom. The van der Waals surface area contributed by atoms with Gasteiger partial charge in [0.25, 0.3) is 0 Å². The zero-order valence-electron chi connectivity index (χ0n) is 19.4. The first kappa shape index (κ1) is 26.5. The van der Waals surface area contributed by atoms with Crippen molar-refractivity contribution in [2.45, 2.75) is 83.2 Å². The number of ether oxygens (including phenoxy) is 3. The second kappa shape index (κ2) is 9.85. The largest absolute Gasteiger partial charge is 0.462 e. The Morgan fingerprint density at radius 2 is 1.67 bits per heavy atom. The van der Waals surface area contributed by atoms with Crippen molar-refractivity contribution >= 4 is 16.2 Å². The molecule has 4 saturated carbocycles. The van der Waals surface area contributed by atoms with Crippen LogP contribution in [0.25, 0.3) is 0 Å². The summed E-state index contributed by atoms with van der Waals surface area (Å²) >= 11 is 0. The molecule has 4 aliphatic carbocycles. The van der Waals surface area contributed by atoms with E-state index >= 15 is 0 Å². The summed E-state index contributed by atoms with van der Waals surface area (Å²) in [5.74, 6) is 0.0695. The van der Waals surface area contributed by atoms with Crippen LogP contribution < -0.4 is 0 Å². The third-order valence-electron chi connectivity index (χ3n) is 7.34. The lowest BCUT2D eigenvalue weighted by molar-refractivity contribution is -0.199. The van der Waals surface area contributed by atoms with E-state index in [0.717, 1.165) is 19.3 Å². The molecule has 0 aliphatic heterocycles. The van der Waals surface area contributed by atoms with Crippen LogP contribution in [0.3, 0.4) is 0 Å². The van der Waals surface area contributed by atoms with Crippen molar-refractivity contribution in [3.8, 4) is 0 Å². The fourth-order valence-corrected chi connectivity index (χ4v) is 7.11. The molecular weight excluding hydrogens is 461 g/mol. The Kier molecular flexibility index (Phi) is 7.90. The van der Waals surface area contributed by atoms with E-state index in [9.17, 15) is 25.9 Å². The number of alkyl halides is 2. The van der Waals surface area contributed by atoms with Gasteiger partial charge in [-0.2, -0.15) is 17.2 Å². The van der Waals surface area contributed by atoms with Gasteiger partial charge in [-0.3, -0.25) is 0 Å². The van der Waals surface area contributed by atoms with Crippen LogP contribution in [0.4, 0.5) is 12.7 Å². The maximum absolute atomic E-state index is 14.1. The number of hydrogen-bond donors (Lipinski definition) is 0. The van der Waals surface area contributed by atoms with Crippen LogP contribution in [0.2, 0.25) is 0 Å². The number of unbranched alkanes of at least 4 members (excludes halogenated alkanes) is 1. The molecular formula is C23H35F3O6S. The molecule has 0 aromatic heterocycles. The van der Waals surface area contributed by atoms with Crippen molar-refractivity contribution in [2.75, 3.05) is 19.8 Å². The van der Waals surface area contributed by atoms with Gasteiger partial charge in [-0.15, -0.1) is 0 Å². The Morgan fingerprint density at radius 3 is 2.24 bits per heavy atom. The zero-order valence-corrected chi connectivity index (χ0v) is 20.2. The van der Waals surface area contributed by atoms with E-state index in [4.69, 9.17) is 14.2 Å². The normalized spacial score (nSPS) is 32.0. The van der Waals surface area contributed by atoms with E-state index < -0.39 is 39.6 Å². The molecule has 0 saturated heterocycles. The number of rotatable bonds is 13. The van der Waals surface area contributed by atoms with Crippen LogP contribution in [-0.4, -0.2) is 45.8 Å². The zero-order chi connectivity index (χ0) is 24.5. The highest BCUT2D eigenvalue weighted by molar-refractivity contribution is 7.87. The molecule has 0 spiro atoms. The molecule has 0 aromatic rings. The molecule has 4 bridgehead atoms. The average Bonchev–Trinajstić information content (AvgIpc) is 2.66. The van der Waals surface area contributed by atoms with Crippen molar-refractivity contribution in [2.24, 2.45) is 22.7 Å². The van der Waals surface area contributed by atoms with Crippen LogP contribution in [-0.2, 0) is 29.2 Å². The van der Waals surface area contributed by atoms with E-state index in [1.165, 1.54) is 0 Å². The second-order valence-corrected chi connectivity index (χ2v) is 12.1. The molecule has 4 fully saturated rings. The summed E-state index contributed by atoms with van der Waals surface area (Å²) in [5, 5.41) is -4.35. The molecule has 4 rings (SSSR count). The molecule has 0 N–H and O–H groups in total. The van der Waals surface area contributed by atoms with E-state index in [0.29, 0.717) is 50.9 Å².